The summed E-state index contributed by atoms with van der Waals surface area (Å²) in [5, 5.41) is 0. The van der Waals surface area contributed by atoms with E-state index in [9.17, 15) is 8.42 Å². The third-order valence-electron chi connectivity index (χ3n) is 4.23. The second-order valence-corrected chi connectivity index (χ2v) is 9.11. The van der Waals surface area contributed by atoms with Crippen molar-refractivity contribution in [2.45, 2.75) is 37.5 Å². The van der Waals surface area contributed by atoms with Gasteiger partial charge in [0.1, 0.15) is 0 Å². The van der Waals surface area contributed by atoms with Gasteiger partial charge in [0.15, 0.2) is 0 Å². The Morgan fingerprint density at radius 2 is 1.71 bits per heavy atom. The van der Waals surface area contributed by atoms with E-state index in [1.165, 1.54) is 0 Å². The van der Waals surface area contributed by atoms with Gasteiger partial charge in [0.25, 0.3) is 0 Å². The summed E-state index contributed by atoms with van der Waals surface area (Å²) in [5.74, 6) is 1.10. The Balaban J connectivity index is 1.93. The summed E-state index contributed by atoms with van der Waals surface area (Å²) in [7, 11) is -3.45. The smallest absolute Gasteiger partial charge is 0.243 e. The fourth-order valence-electron chi connectivity index (χ4n) is 2.53. The minimum atomic E-state index is -3.45. The number of benzene rings is 1. The molecule has 2 saturated carbocycles. The largest absolute Gasteiger partial charge is 0.398 e. The first-order valence-corrected chi connectivity index (χ1v) is 9.67. The van der Waals surface area contributed by atoms with Crippen LogP contribution in [0.1, 0.15) is 31.2 Å². The molecule has 3 rings (SSSR count). The van der Waals surface area contributed by atoms with Gasteiger partial charge in [0.2, 0.25) is 10.0 Å². The van der Waals surface area contributed by atoms with E-state index < -0.39 is 10.0 Å². The molecule has 6 heteroatoms. The van der Waals surface area contributed by atoms with Gasteiger partial charge in [-0.15, -0.1) is 0 Å². The van der Waals surface area contributed by atoms with Crippen molar-refractivity contribution < 1.29 is 8.42 Å². The van der Waals surface area contributed by atoms with E-state index in [-0.39, 0.29) is 0 Å². The van der Waals surface area contributed by atoms with E-state index >= 15 is 0 Å². The molecule has 0 atom stereocenters. The predicted molar refractivity (Wildman–Crippen MR) is 87.5 cm³/mol. The van der Waals surface area contributed by atoms with Gasteiger partial charge in [-0.2, -0.15) is 4.31 Å². The second-order valence-electron chi connectivity index (χ2n) is 6.35. The zero-order valence-electron chi connectivity index (χ0n) is 12.2. The van der Waals surface area contributed by atoms with Crippen molar-refractivity contribution in [2.75, 3.05) is 18.8 Å². The first-order valence-electron chi connectivity index (χ1n) is 7.43. The van der Waals surface area contributed by atoms with E-state index in [2.05, 4.69) is 15.9 Å². The third-order valence-corrected chi connectivity index (χ3v) is 6.89. The Labute approximate surface area is 134 Å². The molecule has 0 saturated heterocycles. The molecule has 2 fully saturated rings. The lowest BCUT2D eigenvalue weighted by molar-refractivity contribution is 0.382. The van der Waals surface area contributed by atoms with Crippen LogP contribution in [0.3, 0.4) is 0 Å². The Morgan fingerprint density at radius 3 is 2.19 bits per heavy atom. The highest BCUT2D eigenvalue weighted by atomic mass is 79.9. The summed E-state index contributed by atoms with van der Waals surface area (Å²) < 4.78 is 28.4. The summed E-state index contributed by atoms with van der Waals surface area (Å²) in [6.07, 6.45) is 4.60. The lowest BCUT2D eigenvalue weighted by Crippen LogP contribution is -2.35. The topological polar surface area (TPSA) is 63.4 Å². The fraction of sp³-hybridized carbons (Fsp3) is 0.600. The van der Waals surface area contributed by atoms with Crippen molar-refractivity contribution in [3.63, 3.8) is 0 Å². The van der Waals surface area contributed by atoms with E-state index in [0.717, 1.165) is 35.7 Å². The third kappa shape index (κ3) is 3.43. The van der Waals surface area contributed by atoms with Gasteiger partial charge in [0.05, 0.1) is 4.90 Å². The Bertz CT molecular complexity index is 638. The van der Waals surface area contributed by atoms with Crippen LogP contribution < -0.4 is 5.73 Å². The molecular formula is C15H21BrN2O2S. The summed E-state index contributed by atoms with van der Waals surface area (Å²) in [6.45, 7) is 3.14. The van der Waals surface area contributed by atoms with Crippen LogP contribution in [0.5, 0.6) is 0 Å². The zero-order valence-corrected chi connectivity index (χ0v) is 14.6. The number of halogens is 1. The second kappa shape index (κ2) is 5.56. The van der Waals surface area contributed by atoms with Crippen molar-refractivity contribution in [3.05, 3.63) is 22.2 Å². The maximum atomic E-state index is 13.0. The normalized spacial score (nSPS) is 19.2. The molecule has 0 unspecified atom stereocenters. The molecule has 0 aromatic heterocycles. The highest BCUT2D eigenvalue weighted by Gasteiger charge is 2.36. The van der Waals surface area contributed by atoms with Gasteiger partial charge < -0.3 is 5.73 Å². The molecule has 2 aliphatic carbocycles. The fourth-order valence-corrected chi connectivity index (χ4v) is 4.83. The number of anilines is 1. The average molecular weight is 373 g/mol. The first-order chi connectivity index (χ1) is 9.88. The standard InChI is InChI=1S/C15H21BrN2O2S/c1-10-6-13(16)14(17)7-15(10)21(19,20)18(8-11-2-3-11)9-12-4-5-12/h6-7,11-12H,2-5,8-9,17H2,1H3. The van der Waals surface area contributed by atoms with Crippen LogP contribution >= 0.6 is 15.9 Å². The zero-order chi connectivity index (χ0) is 15.2. The van der Waals surface area contributed by atoms with Gasteiger partial charge in [0, 0.05) is 23.2 Å². The lowest BCUT2D eigenvalue weighted by Gasteiger charge is -2.23. The lowest BCUT2D eigenvalue weighted by atomic mass is 10.2. The van der Waals surface area contributed by atoms with Gasteiger partial charge in [-0.25, -0.2) is 8.42 Å². The molecule has 0 aliphatic heterocycles. The van der Waals surface area contributed by atoms with Gasteiger partial charge in [-0.05, 0) is 78.1 Å². The molecule has 21 heavy (non-hydrogen) atoms. The number of nitrogens with zero attached hydrogens (tertiary/aromatic N) is 1. The van der Waals surface area contributed by atoms with E-state index in [4.69, 9.17) is 5.73 Å². The average Bonchev–Trinajstić information content (AvgIpc) is 3.27. The molecule has 4 nitrogen and oxygen atoms in total. The molecule has 0 spiro atoms. The minimum absolute atomic E-state index is 0.351. The minimum Gasteiger partial charge on any atom is -0.398 e. The number of aryl methyl sites for hydroxylation is 1. The van der Waals surface area contributed by atoms with Gasteiger partial charge in [-0.1, -0.05) is 0 Å². The van der Waals surface area contributed by atoms with Crippen molar-refractivity contribution in [3.8, 4) is 0 Å². The Kier molecular flexibility index (Phi) is 4.05. The van der Waals surface area contributed by atoms with Crippen molar-refractivity contribution in [1.82, 2.24) is 4.31 Å². The van der Waals surface area contributed by atoms with Crippen LogP contribution in [-0.4, -0.2) is 25.8 Å². The summed E-state index contributed by atoms with van der Waals surface area (Å²) >= 11 is 3.35. The highest BCUT2D eigenvalue weighted by molar-refractivity contribution is 9.10. The van der Waals surface area contributed by atoms with Crippen LogP contribution in [0.25, 0.3) is 0 Å². The number of hydrogen-bond acceptors (Lipinski definition) is 3. The number of nitrogen functional groups attached to an aromatic ring is 1. The molecule has 0 amide bonds. The van der Waals surface area contributed by atoms with Crippen LogP contribution in [-0.2, 0) is 10.0 Å². The summed E-state index contributed by atoms with van der Waals surface area (Å²) in [6, 6.07) is 3.37. The van der Waals surface area contributed by atoms with Gasteiger partial charge in [-0.3, -0.25) is 0 Å². The highest BCUT2D eigenvalue weighted by Crippen LogP contribution is 2.37. The molecule has 2 aliphatic rings. The summed E-state index contributed by atoms with van der Waals surface area (Å²) in [4.78, 5) is 0.351. The molecule has 0 heterocycles. The molecule has 0 bridgehead atoms. The van der Waals surface area contributed by atoms with E-state index in [1.807, 2.05) is 6.92 Å². The molecular weight excluding hydrogens is 352 g/mol. The number of nitrogens with two attached hydrogens (primary N) is 1. The van der Waals surface area contributed by atoms with Crippen LogP contribution in [0.2, 0.25) is 0 Å². The SMILES string of the molecule is Cc1cc(Br)c(N)cc1S(=O)(=O)N(CC1CC1)CC1CC1. The Hall–Kier alpha value is -0.590. The van der Waals surface area contributed by atoms with Crippen LogP contribution in [0, 0.1) is 18.8 Å². The van der Waals surface area contributed by atoms with E-state index in [0.29, 0.717) is 35.5 Å². The maximum absolute atomic E-state index is 13.0. The van der Waals surface area contributed by atoms with Crippen LogP contribution in [0.15, 0.2) is 21.5 Å². The molecule has 0 radical (unpaired) electrons. The maximum Gasteiger partial charge on any atom is 0.243 e. The van der Waals surface area contributed by atoms with Crippen molar-refractivity contribution in [1.29, 1.82) is 0 Å². The van der Waals surface area contributed by atoms with E-state index in [1.54, 1.807) is 16.4 Å². The van der Waals surface area contributed by atoms with Gasteiger partial charge >= 0.3 is 0 Å². The molecule has 116 valence electrons. The van der Waals surface area contributed by atoms with Crippen molar-refractivity contribution >= 4 is 31.6 Å². The van der Waals surface area contributed by atoms with Crippen LogP contribution in [0.4, 0.5) is 5.69 Å². The monoisotopic (exact) mass is 372 g/mol. The van der Waals surface area contributed by atoms with Crippen molar-refractivity contribution in [2.24, 2.45) is 11.8 Å². The molecule has 1 aromatic carbocycles. The molecule has 1 aromatic rings. The number of hydrogen-bond donors (Lipinski definition) is 1. The molecule has 2 N–H and O–H groups in total. The number of sulfonamides is 1. The predicted octanol–water partition coefficient (Wildman–Crippen LogP) is 3.15. The Morgan fingerprint density at radius 1 is 1.19 bits per heavy atom. The first kappa shape index (κ1) is 15.3. The summed E-state index contributed by atoms with van der Waals surface area (Å²) in [5.41, 5.74) is 7.10. The number of rotatable bonds is 6. The quantitative estimate of drug-likeness (QED) is 0.780.